The topological polar surface area (TPSA) is 125 Å². The Kier molecular flexibility index (Phi) is 6.53. The van der Waals surface area contributed by atoms with Gasteiger partial charge in [0.1, 0.15) is 5.75 Å². The number of nitrogens with one attached hydrogen (secondary N) is 1. The van der Waals surface area contributed by atoms with Crippen LogP contribution in [0.5, 0.6) is 5.75 Å². The molecule has 2 aromatic rings. The van der Waals surface area contributed by atoms with E-state index in [0.717, 1.165) is 17.3 Å². The van der Waals surface area contributed by atoms with Crippen LogP contribution in [-0.4, -0.2) is 39.8 Å². The number of rotatable bonds is 7. The Morgan fingerprint density at radius 3 is 2.73 bits per heavy atom. The maximum atomic E-state index is 12.3. The summed E-state index contributed by atoms with van der Waals surface area (Å²) in [5.74, 6) is -1.90. The number of aromatic carboxylic acids is 1. The van der Waals surface area contributed by atoms with Gasteiger partial charge in [-0.05, 0) is 60.2 Å². The van der Waals surface area contributed by atoms with E-state index in [1.165, 1.54) is 6.07 Å². The highest BCUT2D eigenvalue weighted by Crippen LogP contribution is 2.30. The van der Waals surface area contributed by atoms with E-state index in [9.17, 15) is 19.5 Å². The Labute approximate surface area is 176 Å². The smallest absolute Gasteiger partial charge is 0.337 e. The lowest BCUT2D eigenvalue weighted by atomic mass is 10.1. The summed E-state index contributed by atoms with van der Waals surface area (Å²) in [5.41, 5.74) is 1.86. The average molecular weight is 426 g/mol. The second kappa shape index (κ2) is 9.27. The van der Waals surface area contributed by atoms with Crippen molar-refractivity contribution in [3.8, 4) is 5.75 Å². The van der Waals surface area contributed by atoms with Crippen LogP contribution in [0.25, 0.3) is 6.08 Å². The summed E-state index contributed by atoms with van der Waals surface area (Å²) in [4.78, 5) is 39.0. The minimum absolute atomic E-state index is 0.0454. The molecule has 1 fully saturated rings. The molecule has 0 unspecified atom stereocenters. The van der Waals surface area contributed by atoms with E-state index in [0.29, 0.717) is 16.2 Å². The van der Waals surface area contributed by atoms with Gasteiger partial charge in [0, 0.05) is 0 Å². The molecule has 1 aliphatic heterocycles. The molecule has 3 N–H and O–H groups in total. The number of aryl methyl sites for hydroxylation is 1. The van der Waals surface area contributed by atoms with Crippen LogP contribution in [-0.2, 0) is 9.59 Å². The van der Waals surface area contributed by atoms with Gasteiger partial charge in [-0.3, -0.25) is 9.59 Å². The molecule has 0 bridgehead atoms. The SMILES string of the molecule is Cc1ccc(C(=O)O)c(N=C2NC(=O)/C(=C/c3cccc(OCCC(=O)O)c3)S2)c1. The number of carbonyl (C=O) groups excluding carboxylic acids is 1. The van der Waals surface area contributed by atoms with Crippen LogP contribution in [0.4, 0.5) is 5.69 Å². The number of benzene rings is 2. The fraction of sp³-hybridized carbons (Fsp3) is 0.143. The van der Waals surface area contributed by atoms with Crippen LogP contribution >= 0.6 is 11.8 Å². The lowest BCUT2D eigenvalue weighted by Gasteiger charge is -2.05. The summed E-state index contributed by atoms with van der Waals surface area (Å²) < 4.78 is 5.40. The molecule has 0 radical (unpaired) electrons. The van der Waals surface area contributed by atoms with E-state index < -0.39 is 11.9 Å². The molecule has 8 nitrogen and oxygen atoms in total. The van der Waals surface area contributed by atoms with E-state index in [-0.39, 0.29) is 35.4 Å². The van der Waals surface area contributed by atoms with E-state index in [1.54, 1.807) is 42.5 Å². The van der Waals surface area contributed by atoms with Crippen molar-refractivity contribution in [2.45, 2.75) is 13.3 Å². The first-order valence-electron chi connectivity index (χ1n) is 8.90. The lowest BCUT2D eigenvalue weighted by molar-refractivity contribution is -0.137. The Hall–Kier alpha value is -3.59. The zero-order valence-electron chi connectivity index (χ0n) is 15.9. The first-order chi connectivity index (χ1) is 14.3. The van der Waals surface area contributed by atoms with E-state index in [2.05, 4.69) is 10.3 Å². The van der Waals surface area contributed by atoms with Gasteiger partial charge < -0.3 is 20.3 Å². The maximum Gasteiger partial charge on any atom is 0.337 e. The molecule has 9 heteroatoms. The van der Waals surface area contributed by atoms with E-state index in [1.807, 2.05) is 6.92 Å². The molecule has 0 spiro atoms. The van der Waals surface area contributed by atoms with Gasteiger partial charge in [0.25, 0.3) is 5.91 Å². The first-order valence-corrected chi connectivity index (χ1v) is 9.71. The standard InChI is InChI=1S/C21H18N2O6S/c1-12-5-6-15(20(27)28)16(9-12)22-21-23-19(26)17(30-21)11-13-3-2-4-14(10-13)29-8-7-18(24)25/h2-6,9-11H,7-8H2,1H3,(H,24,25)(H,27,28)(H,22,23,26)/b17-11-. The fourth-order valence-electron chi connectivity index (χ4n) is 2.61. The molecule has 30 heavy (non-hydrogen) atoms. The zero-order valence-corrected chi connectivity index (χ0v) is 16.7. The van der Waals surface area contributed by atoms with Gasteiger partial charge in [-0.2, -0.15) is 0 Å². The summed E-state index contributed by atoms with van der Waals surface area (Å²) in [5, 5.41) is 20.9. The van der Waals surface area contributed by atoms with Crippen molar-refractivity contribution < 1.29 is 29.3 Å². The Balaban J connectivity index is 1.79. The minimum Gasteiger partial charge on any atom is -0.493 e. The van der Waals surface area contributed by atoms with Gasteiger partial charge in [-0.25, -0.2) is 9.79 Å². The maximum absolute atomic E-state index is 12.3. The number of hydrogen-bond acceptors (Lipinski definition) is 6. The molecular weight excluding hydrogens is 408 g/mol. The molecule has 2 aromatic carbocycles. The highest BCUT2D eigenvalue weighted by molar-refractivity contribution is 8.18. The molecule has 3 rings (SSSR count). The molecule has 0 aromatic heterocycles. The van der Waals surface area contributed by atoms with Gasteiger partial charge >= 0.3 is 11.9 Å². The number of aliphatic carboxylic acids is 1. The van der Waals surface area contributed by atoms with E-state index >= 15 is 0 Å². The Bertz CT molecular complexity index is 1080. The van der Waals surface area contributed by atoms with Crippen LogP contribution in [0.15, 0.2) is 52.4 Å². The summed E-state index contributed by atoms with van der Waals surface area (Å²) in [6.07, 6.45) is 1.54. The Morgan fingerprint density at radius 2 is 2.00 bits per heavy atom. The van der Waals surface area contributed by atoms with Gasteiger partial charge in [-0.15, -0.1) is 0 Å². The number of carboxylic acids is 2. The van der Waals surface area contributed by atoms with Gasteiger partial charge in [-0.1, -0.05) is 18.2 Å². The number of thioether (sulfide) groups is 1. The Morgan fingerprint density at radius 1 is 1.20 bits per heavy atom. The predicted octanol–water partition coefficient (Wildman–Crippen LogP) is 3.44. The van der Waals surface area contributed by atoms with Crippen molar-refractivity contribution in [3.63, 3.8) is 0 Å². The zero-order chi connectivity index (χ0) is 21.7. The second-order valence-electron chi connectivity index (χ2n) is 6.37. The molecule has 1 heterocycles. The third kappa shape index (κ3) is 5.48. The van der Waals surface area contributed by atoms with Crippen LogP contribution < -0.4 is 10.1 Å². The van der Waals surface area contributed by atoms with Crippen molar-refractivity contribution in [1.29, 1.82) is 0 Å². The third-order valence-electron chi connectivity index (χ3n) is 4.00. The largest absolute Gasteiger partial charge is 0.493 e. The monoisotopic (exact) mass is 426 g/mol. The van der Waals surface area contributed by atoms with Crippen LogP contribution in [0, 0.1) is 6.92 Å². The first kappa shape index (κ1) is 21.1. The molecule has 1 amide bonds. The number of nitrogens with zero attached hydrogens (tertiary/aromatic N) is 1. The van der Waals surface area contributed by atoms with Crippen molar-refractivity contribution >= 4 is 46.5 Å². The minimum atomic E-state index is -1.10. The number of carboxylic acid groups (broad SMARTS) is 2. The van der Waals surface area contributed by atoms with Gasteiger partial charge in [0.2, 0.25) is 0 Å². The number of carbonyl (C=O) groups is 3. The molecule has 1 saturated heterocycles. The van der Waals surface area contributed by atoms with Crippen molar-refractivity contribution in [1.82, 2.24) is 5.32 Å². The number of amides is 1. The number of aliphatic imine (C=N–C) groups is 1. The van der Waals surface area contributed by atoms with Crippen LogP contribution in [0.1, 0.15) is 27.9 Å². The molecule has 0 aliphatic carbocycles. The predicted molar refractivity (Wildman–Crippen MR) is 113 cm³/mol. The average Bonchev–Trinajstić information content (AvgIpc) is 3.00. The van der Waals surface area contributed by atoms with Crippen molar-refractivity contribution in [2.24, 2.45) is 4.99 Å². The molecule has 0 atom stereocenters. The summed E-state index contributed by atoms with van der Waals surface area (Å²) in [6, 6.07) is 11.7. The highest BCUT2D eigenvalue weighted by Gasteiger charge is 2.24. The van der Waals surface area contributed by atoms with Crippen LogP contribution in [0.3, 0.4) is 0 Å². The normalized spacial score (nSPS) is 16.0. The molecule has 0 saturated carbocycles. The summed E-state index contributed by atoms with van der Waals surface area (Å²) in [7, 11) is 0. The number of amidine groups is 1. The summed E-state index contributed by atoms with van der Waals surface area (Å²) in [6.45, 7) is 1.87. The third-order valence-corrected chi connectivity index (χ3v) is 4.91. The molecule has 1 aliphatic rings. The molecule has 154 valence electrons. The highest BCUT2D eigenvalue weighted by atomic mass is 32.2. The number of ether oxygens (including phenoxy) is 1. The fourth-order valence-corrected chi connectivity index (χ4v) is 3.44. The van der Waals surface area contributed by atoms with Crippen molar-refractivity contribution in [2.75, 3.05) is 6.61 Å². The number of hydrogen-bond donors (Lipinski definition) is 3. The van der Waals surface area contributed by atoms with Crippen LogP contribution in [0.2, 0.25) is 0 Å². The van der Waals surface area contributed by atoms with Crippen molar-refractivity contribution in [3.05, 3.63) is 64.1 Å². The quantitative estimate of drug-likeness (QED) is 0.579. The summed E-state index contributed by atoms with van der Waals surface area (Å²) >= 11 is 1.10. The second-order valence-corrected chi connectivity index (χ2v) is 7.40. The lowest BCUT2D eigenvalue weighted by Crippen LogP contribution is -2.19. The molecular formula is C21H18N2O6S. The van der Waals surface area contributed by atoms with E-state index in [4.69, 9.17) is 9.84 Å². The van der Waals surface area contributed by atoms with Gasteiger partial charge in [0.05, 0.1) is 29.2 Å². The van der Waals surface area contributed by atoms with Gasteiger partial charge in [0.15, 0.2) is 5.17 Å².